The Morgan fingerprint density at radius 1 is 1.11 bits per heavy atom. The number of halogens is 3. The van der Waals surface area contributed by atoms with Crippen molar-refractivity contribution < 1.29 is 17.9 Å². The fourth-order valence-corrected chi connectivity index (χ4v) is 1.59. The van der Waals surface area contributed by atoms with Crippen LogP contribution in [0.15, 0.2) is 24.3 Å². The molecule has 18 heavy (non-hydrogen) atoms. The molecular formula is C14H18F3O. The Hall–Kier alpha value is -1.03. The number of alkyl halides is 3. The van der Waals surface area contributed by atoms with Crippen LogP contribution in [0.1, 0.15) is 30.4 Å². The summed E-state index contributed by atoms with van der Waals surface area (Å²) in [7, 11) is 0. The lowest BCUT2D eigenvalue weighted by molar-refractivity contribution is -0.137. The second kappa shape index (κ2) is 7.41. The number of aryl methyl sites for hydroxylation is 1. The predicted molar refractivity (Wildman–Crippen MR) is 65.2 cm³/mol. The summed E-state index contributed by atoms with van der Waals surface area (Å²) in [5.74, 6) is 0. The van der Waals surface area contributed by atoms with Gasteiger partial charge in [0, 0.05) is 13.2 Å². The highest BCUT2D eigenvalue weighted by molar-refractivity contribution is 5.25. The minimum atomic E-state index is -4.26. The molecular weight excluding hydrogens is 241 g/mol. The smallest absolute Gasteiger partial charge is 0.381 e. The first kappa shape index (κ1) is 15.0. The first-order valence-electron chi connectivity index (χ1n) is 6.07. The van der Waals surface area contributed by atoms with Crippen molar-refractivity contribution in [2.45, 2.75) is 31.9 Å². The molecule has 0 saturated heterocycles. The number of unbranched alkanes of at least 4 members (excludes halogenated alkanes) is 1. The van der Waals surface area contributed by atoms with Crippen molar-refractivity contribution in [3.8, 4) is 0 Å². The Balaban J connectivity index is 2.34. The van der Waals surface area contributed by atoms with E-state index in [0.29, 0.717) is 25.2 Å². The van der Waals surface area contributed by atoms with Crippen LogP contribution in [0.25, 0.3) is 0 Å². The van der Waals surface area contributed by atoms with Crippen molar-refractivity contribution in [3.63, 3.8) is 0 Å². The van der Waals surface area contributed by atoms with Crippen LogP contribution < -0.4 is 0 Å². The third kappa shape index (κ3) is 5.54. The maximum Gasteiger partial charge on any atom is 0.416 e. The van der Waals surface area contributed by atoms with E-state index in [-0.39, 0.29) is 0 Å². The van der Waals surface area contributed by atoms with Crippen LogP contribution in [0.4, 0.5) is 13.2 Å². The maximum absolute atomic E-state index is 12.5. The van der Waals surface area contributed by atoms with Crippen LogP contribution in [-0.4, -0.2) is 13.2 Å². The highest BCUT2D eigenvalue weighted by Gasteiger charge is 2.30. The van der Waals surface area contributed by atoms with Gasteiger partial charge in [0.15, 0.2) is 0 Å². The molecule has 0 aliphatic heterocycles. The second-order valence-electron chi connectivity index (χ2n) is 4.12. The highest BCUT2D eigenvalue weighted by atomic mass is 19.4. The molecule has 0 bridgehead atoms. The molecule has 0 amide bonds. The van der Waals surface area contributed by atoms with Gasteiger partial charge in [-0.15, -0.1) is 0 Å². The van der Waals surface area contributed by atoms with Gasteiger partial charge < -0.3 is 4.74 Å². The summed E-state index contributed by atoms with van der Waals surface area (Å²) in [6.07, 6.45) is -1.16. The number of benzene rings is 1. The molecule has 0 saturated carbocycles. The molecule has 4 heteroatoms. The third-order valence-corrected chi connectivity index (χ3v) is 2.55. The Morgan fingerprint density at radius 2 is 1.83 bits per heavy atom. The van der Waals surface area contributed by atoms with Gasteiger partial charge >= 0.3 is 6.18 Å². The molecule has 1 aromatic rings. The van der Waals surface area contributed by atoms with Gasteiger partial charge in [0.2, 0.25) is 0 Å². The van der Waals surface area contributed by atoms with Crippen LogP contribution in [-0.2, 0) is 17.3 Å². The van der Waals surface area contributed by atoms with Crippen LogP contribution in [0.5, 0.6) is 0 Å². The topological polar surface area (TPSA) is 9.23 Å². The molecule has 0 fully saturated rings. The summed E-state index contributed by atoms with van der Waals surface area (Å²) < 4.78 is 42.7. The summed E-state index contributed by atoms with van der Waals surface area (Å²) in [4.78, 5) is 0. The van der Waals surface area contributed by atoms with Crippen molar-refractivity contribution in [3.05, 3.63) is 42.3 Å². The van der Waals surface area contributed by atoms with E-state index in [4.69, 9.17) is 4.74 Å². The van der Waals surface area contributed by atoms with Crippen LogP contribution in [0.3, 0.4) is 0 Å². The first-order valence-corrected chi connectivity index (χ1v) is 6.07. The van der Waals surface area contributed by atoms with Crippen molar-refractivity contribution in [1.82, 2.24) is 0 Å². The van der Waals surface area contributed by atoms with Gasteiger partial charge in [0.1, 0.15) is 0 Å². The Kier molecular flexibility index (Phi) is 6.19. The summed E-state index contributed by atoms with van der Waals surface area (Å²) in [6, 6.07) is 5.46. The fourth-order valence-electron chi connectivity index (χ4n) is 1.59. The first-order chi connectivity index (χ1) is 8.54. The van der Waals surface area contributed by atoms with Gasteiger partial charge in [-0.2, -0.15) is 13.2 Å². The van der Waals surface area contributed by atoms with E-state index in [1.165, 1.54) is 12.1 Å². The Morgan fingerprint density at radius 3 is 2.50 bits per heavy atom. The van der Waals surface area contributed by atoms with Gasteiger partial charge in [-0.3, -0.25) is 0 Å². The average molecular weight is 259 g/mol. The molecule has 101 valence electrons. The van der Waals surface area contributed by atoms with Gasteiger partial charge in [-0.25, -0.2) is 0 Å². The molecule has 0 aliphatic carbocycles. The highest BCUT2D eigenvalue weighted by Crippen LogP contribution is 2.29. The molecule has 0 aliphatic rings. The zero-order chi connectivity index (χ0) is 13.4. The zero-order valence-electron chi connectivity index (χ0n) is 10.3. The number of hydrogen-bond donors (Lipinski definition) is 0. The van der Waals surface area contributed by atoms with Crippen molar-refractivity contribution >= 4 is 0 Å². The van der Waals surface area contributed by atoms with E-state index < -0.39 is 11.7 Å². The quantitative estimate of drug-likeness (QED) is 0.664. The molecule has 1 radical (unpaired) electrons. The van der Waals surface area contributed by atoms with Crippen LogP contribution in [0.2, 0.25) is 0 Å². The van der Waals surface area contributed by atoms with Gasteiger partial charge in [-0.1, -0.05) is 31.5 Å². The van der Waals surface area contributed by atoms with Gasteiger partial charge in [0.05, 0.1) is 5.56 Å². The van der Waals surface area contributed by atoms with Crippen LogP contribution in [0, 0.1) is 6.92 Å². The minimum Gasteiger partial charge on any atom is -0.381 e. The van der Waals surface area contributed by atoms with Crippen molar-refractivity contribution in [2.75, 3.05) is 13.2 Å². The molecule has 0 heterocycles. The molecule has 0 aromatic heterocycles. The number of ether oxygens (including phenoxy) is 1. The maximum atomic E-state index is 12.5. The number of rotatable bonds is 7. The molecule has 0 spiro atoms. The molecule has 1 nitrogen and oxygen atoms in total. The minimum absolute atomic E-state index is 0.580. The van der Waals surface area contributed by atoms with Gasteiger partial charge in [-0.05, 0) is 30.9 Å². The Bertz CT molecular complexity index is 347. The average Bonchev–Trinajstić information content (AvgIpc) is 2.33. The summed E-state index contributed by atoms with van der Waals surface area (Å²) in [5, 5.41) is 0. The molecule has 0 unspecified atom stereocenters. The lowest BCUT2D eigenvalue weighted by atomic mass is 10.1. The molecule has 1 rings (SSSR count). The fraction of sp³-hybridized carbons (Fsp3) is 0.500. The molecule has 0 N–H and O–H groups in total. The summed E-state index contributed by atoms with van der Waals surface area (Å²) in [6.45, 7) is 4.95. The standard InChI is InChI=1S/C14H18F3O/c1-2-3-9-18-10-5-7-12-6-4-8-13(11-12)14(15,16)17/h4,6,8,11H,1-3,5,7,9-10H2. The Labute approximate surface area is 106 Å². The summed E-state index contributed by atoms with van der Waals surface area (Å²) in [5.41, 5.74) is 0.114. The van der Waals surface area contributed by atoms with Gasteiger partial charge in [0.25, 0.3) is 0 Å². The van der Waals surface area contributed by atoms with E-state index in [9.17, 15) is 13.2 Å². The molecule has 0 atom stereocenters. The van der Waals surface area contributed by atoms with Crippen LogP contribution >= 0.6 is 0 Å². The zero-order valence-corrected chi connectivity index (χ0v) is 10.3. The van der Waals surface area contributed by atoms with E-state index in [1.54, 1.807) is 6.07 Å². The SMILES string of the molecule is [CH2]CCCOCCCc1cccc(C(F)(F)F)c1. The number of hydrogen-bond acceptors (Lipinski definition) is 1. The third-order valence-electron chi connectivity index (χ3n) is 2.55. The van der Waals surface area contributed by atoms with E-state index >= 15 is 0 Å². The lowest BCUT2D eigenvalue weighted by Gasteiger charge is -2.08. The molecule has 1 aromatic carbocycles. The van der Waals surface area contributed by atoms with E-state index in [2.05, 4.69) is 6.92 Å². The van der Waals surface area contributed by atoms with Crippen molar-refractivity contribution in [2.24, 2.45) is 0 Å². The second-order valence-corrected chi connectivity index (χ2v) is 4.12. The largest absolute Gasteiger partial charge is 0.416 e. The van der Waals surface area contributed by atoms with Crippen molar-refractivity contribution in [1.29, 1.82) is 0 Å². The normalized spacial score (nSPS) is 11.8. The monoisotopic (exact) mass is 259 g/mol. The lowest BCUT2D eigenvalue weighted by Crippen LogP contribution is -2.05. The van der Waals surface area contributed by atoms with E-state index in [1.807, 2.05) is 0 Å². The van der Waals surface area contributed by atoms with E-state index in [0.717, 1.165) is 25.3 Å². The predicted octanol–water partition coefficient (Wildman–Crippen LogP) is 4.27. The summed E-state index contributed by atoms with van der Waals surface area (Å²) >= 11 is 0.